The molecule has 0 aromatic heterocycles. The average molecular weight is 338 g/mol. The van der Waals surface area contributed by atoms with E-state index in [1.807, 2.05) is 6.21 Å². The fourth-order valence-electron chi connectivity index (χ4n) is 3.43. The highest BCUT2D eigenvalue weighted by molar-refractivity contribution is 5.91. The molecule has 0 fully saturated rings. The maximum absolute atomic E-state index is 4.48. The van der Waals surface area contributed by atoms with Crippen LogP contribution >= 0.6 is 0 Å². The summed E-state index contributed by atoms with van der Waals surface area (Å²) in [6.07, 6.45) is 5.21. The van der Waals surface area contributed by atoms with E-state index >= 15 is 0 Å². The minimum Gasteiger partial charge on any atom is -0.278 e. The lowest BCUT2D eigenvalue weighted by Gasteiger charge is -2.09. The summed E-state index contributed by atoms with van der Waals surface area (Å²) in [6, 6.07) is 23.1. The van der Waals surface area contributed by atoms with Crippen LogP contribution in [-0.2, 0) is 0 Å². The van der Waals surface area contributed by atoms with Crippen molar-refractivity contribution in [3.8, 4) is 0 Å². The zero-order valence-corrected chi connectivity index (χ0v) is 15.2. The molecule has 0 amide bonds. The molecule has 2 heteroatoms. The van der Waals surface area contributed by atoms with E-state index in [-0.39, 0.29) is 0 Å². The molecule has 0 saturated heterocycles. The van der Waals surface area contributed by atoms with E-state index < -0.39 is 0 Å². The first-order valence-corrected chi connectivity index (χ1v) is 8.96. The lowest BCUT2D eigenvalue weighted by molar-refractivity contribution is 1.34. The summed E-state index contributed by atoms with van der Waals surface area (Å²) in [4.78, 5) is 0. The van der Waals surface area contributed by atoms with E-state index in [9.17, 15) is 0 Å². The van der Waals surface area contributed by atoms with Crippen LogP contribution in [0.1, 0.15) is 31.4 Å². The van der Waals surface area contributed by atoms with Gasteiger partial charge in [-0.05, 0) is 59.9 Å². The molecule has 0 spiro atoms. The van der Waals surface area contributed by atoms with Gasteiger partial charge in [0.05, 0.1) is 11.9 Å². The van der Waals surface area contributed by atoms with Crippen LogP contribution < -0.4 is 5.43 Å². The number of fused-ring (bicyclic) bond motifs is 1. The highest BCUT2D eigenvalue weighted by Crippen LogP contribution is 2.34. The Kier molecular flexibility index (Phi) is 4.40. The van der Waals surface area contributed by atoms with Gasteiger partial charge in [0.15, 0.2) is 0 Å². The third kappa shape index (κ3) is 3.18. The fourth-order valence-corrected chi connectivity index (χ4v) is 3.43. The molecule has 0 radical (unpaired) electrons. The summed E-state index contributed by atoms with van der Waals surface area (Å²) in [5.41, 5.74) is 10.7. The summed E-state index contributed by atoms with van der Waals surface area (Å²) in [5, 5.41) is 6.92. The highest BCUT2D eigenvalue weighted by atomic mass is 15.3. The summed E-state index contributed by atoms with van der Waals surface area (Å²) in [6.45, 7) is 4.38. The normalized spacial score (nSPS) is 14.3. The van der Waals surface area contributed by atoms with E-state index in [1.54, 1.807) is 0 Å². The van der Waals surface area contributed by atoms with Gasteiger partial charge < -0.3 is 0 Å². The van der Waals surface area contributed by atoms with Gasteiger partial charge in [0.1, 0.15) is 0 Å². The molecule has 0 saturated carbocycles. The molecule has 0 bridgehead atoms. The van der Waals surface area contributed by atoms with Gasteiger partial charge in [-0.15, -0.1) is 0 Å². The molecule has 1 aliphatic rings. The summed E-state index contributed by atoms with van der Waals surface area (Å²) < 4.78 is 0. The lowest BCUT2D eigenvalue weighted by atomic mass is 9.96. The standard InChI is InChI=1S/C24H22N2/c1-17-11-14-23(18(17)2)24-10-6-5-9-21(24)16-25-26-22-13-12-19-7-3-4-8-20(19)15-22/h3-13,15-16,26H,14H2,1-2H3/b25-16+. The SMILES string of the molecule is CC1=CCC(c2ccccc2/C=N/Nc2ccc3ccccc3c2)=C1C. The maximum atomic E-state index is 4.48. The largest absolute Gasteiger partial charge is 0.278 e. The molecule has 2 nitrogen and oxygen atoms in total. The number of allylic oxidation sites excluding steroid dienone is 4. The van der Waals surface area contributed by atoms with Crippen molar-refractivity contribution in [1.82, 2.24) is 0 Å². The van der Waals surface area contributed by atoms with E-state index in [2.05, 4.69) is 97.2 Å². The molecule has 0 aliphatic heterocycles. The van der Waals surface area contributed by atoms with Crippen molar-refractivity contribution in [2.45, 2.75) is 20.3 Å². The minimum atomic E-state index is 0.992. The Morgan fingerprint density at radius 2 is 1.65 bits per heavy atom. The van der Waals surface area contributed by atoms with Crippen molar-refractivity contribution >= 4 is 28.2 Å². The first-order valence-electron chi connectivity index (χ1n) is 8.96. The van der Waals surface area contributed by atoms with Gasteiger partial charge in [0.25, 0.3) is 0 Å². The molecule has 1 aliphatic carbocycles. The van der Waals surface area contributed by atoms with Crippen molar-refractivity contribution in [1.29, 1.82) is 0 Å². The predicted molar refractivity (Wildman–Crippen MR) is 113 cm³/mol. The number of hydrogen-bond acceptors (Lipinski definition) is 2. The third-order valence-electron chi connectivity index (χ3n) is 5.09. The van der Waals surface area contributed by atoms with Crippen molar-refractivity contribution in [2.75, 3.05) is 5.43 Å². The molecule has 3 aromatic rings. The van der Waals surface area contributed by atoms with E-state index in [1.165, 1.54) is 33.1 Å². The molecule has 26 heavy (non-hydrogen) atoms. The van der Waals surface area contributed by atoms with Gasteiger partial charge in [0.2, 0.25) is 0 Å². The third-order valence-corrected chi connectivity index (χ3v) is 5.09. The summed E-state index contributed by atoms with van der Waals surface area (Å²) in [5.74, 6) is 0. The average Bonchev–Trinajstić information content (AvgIpc) is 3.01. The van der Waals surface area contributed by atoms with Gasteiger partial charge in [-0.3, -0.25) is 5.43 Å². The topological polar surface area (TPSA) is 24.4 Å². The number of nitrogens with zero attached hydrogens (tertiary/aromatic N) is 1. The molecule has 1 N–H and O–H groups in total. The Morgan fingerprint density at radius 1 is 0.885 bits per heavy atom. The van der Waals surface area contributed by atoms with E-state index in [4.69, 9.17) is 0 Å². The summed E-state index contributed by atoms with van der Waals surface area (Å²) >= 11 is 0. The molecular weight excluding hydrogens is 316 g/mol. The smallest absolute Gasteiger partial charge is 0.0568 e. The molecule has 128 valence electrons. The Morgan fingerprint density at radius 3 is 2.46 bits per heavy atom. The van der Waals surface area contributed by atoms with Crippen LogP contribution in [0.2, 0.25) is 0 Å². The van der Waals surface area contributed by atoms with Crippen molar-refractivity contribution in [3.05, 3.63) is 95.1 Å². The van der Waals surface area contributed by atoms with Crippen LogP contribution in [0.5, 0.6) is 0 Å². The number of benzene rings is 3. The van der Waals surface area contributed by atoms with Crippen LogP contribution in [0.3, 0.4) is 0 Å². The minimum absolute atomic E-state index is 0.992. The zero-order chi connectivity index (χ0) is 17.9. The fraction of sp³-hybridized carbons (Fsp3) is 0.125. The Labute approximate surface area is 154 Å². The monoisotopic (exact) mass is 338 g/mol. The number of anilines is 1. The maximum Gasteiger partial charge on any atom is 0.0568 e. The molecule has 0 unspecified atom stereocenters. The van der Waals surface area contributed by atoms with Crippen molar-refractivity contribution < 1.29 is 0 Å². The summed E-state index contributed by atoms with van der Waals surface area (Å²) in [7, 11) is 0. The Hall–Kier alpha value is -3.13. The number of hydrazone groups is 1. The first kappa shape index (κ1) is 16.3. The Balaban J connectivity index is 1.57. The number of hydrogen-bond donors (Lipinski definition) is 1. The van der Waals surface area contributed by atoms with Crippen molar-refractivity contribution in [3.63, 3.8) is 0 Å². The van der Waals surface area contributed by atoms with Crippen LogP contribution in [0, 0.1) is 0 Å². The molecule has 0 atom stereocenters. The van der Waals surface area contributed by atoms with Crippen LogP contribution in [0.15, 0.2) is 89.1 Å². The lowest BCUT2D eigenvalue weighted by Crippen LogP contribution is -1.95. The Bertz CT molecular complexity index is 1050. The quantitative estimate of drug-likeness (QED) is 0.431. The van der Waals surface area contributed by atoms with Crippen LogP contribution in [0.4, 0.5) is 5.69 Å². The molecule has 0 heterocycles. The van der Waals surface area contributed by atoms with Gasteiger partial charge >= 0.3 is 0 Å². The van der Waals surface area contributed by atoms with Crippen molar-refractivity contribution in [2.24, 2.45) is 5.10 Å². The van der Waals surface area contributed by atoms with Gasteiger partial charge in [-0.25, -0.2) is 0 Å². The second kappa shape index (κ2) is 7.01. The zero-order valence-electron chi connectivity index (χ0n) is 15.2. The van der Waals surface area contributed by atoms with Gasteiger partial charge in [0, 0.05) is 5.56 Å². The van der Waals surface area contributed by atoms with E-state index in [0.717, 1.165) is 17.7 Å². The number of rotatable bonds is 4. The van der Waals surface area contributed by atoms with Crippen LogP contribution in [0.25, 0.3) is 16.3 Å². The molecule has 3 aromatic carbocycles. The number of nitrogens with one attached hydrogen (secondary N) is 1. The van der Waals surface area contributed by atoms with Gasteiger partial charge in [-0.1, -0.05) is 66.2 Å². The second-order valence-electron chi connectivity index (χ2n) is 6.71. The molecule has 4 rings (SSSR count). The first-order chi connectivity index (χ1) is 12.7. The highest BCUT2D eigenvalue weighted by Gasteiger charge is 2.14. The predicted octanol–water partition coefficient (Wildman–Crippen LogP) is 6.41. The second-order valence-corrected chi connectivity index (χ2v) is 6.71. The van der Waals surface area contributed by atoms with Crippen LogP contribution in [-0.4, -0.2) is 6.21 Å². The van der Waals surface area contributed by atoms with E-state index in [0.29, 0.717) is 0 Å². The molecular formula is C24H22N2. The van der Waals surface area contributed by atoms with Gasteiger partial charge in [-0.2, -0.15) is 5.10 Å².